The van der Waals surface area contributed by atoms with Gasteiger partial charge in [0.25, 0.3) is 0 Å². The highest BCUT2D eigenvalue weighted by Crippen LogP contribution is 2.20. The minimum atomic E-state index is 0.694. The van der Waals surface area contributed by atoms with E-state index < -0.39 is 0 Å². The van der Waals surface area contributed by atoms with E-state index in [0.29, 0.717) is 5.92 Å². The molecule has 18 heavy (non-hydrogen) atoms. The van der Waals surface area contributed by atoms with Crippen LogP contribution in [0.2, 0.25) is 0 Å². The van der Waals surface area contributed by atoms with Crippen LogP contribution in [0.5, 0.6) is 0 Å². The summed E-state index contributed by atoms with van der Waals surface area (Å²) in [6.45, 7) is 13.0. The molecule has 1 heterocycles. The van der Waals surface area contributed by atoms with Gasteiger partial charge in [0, 0.05) is 25.0 Å². The van der Waals surface area contributed by atoms with E-state index in [4.69, 9.17) is 4.98 Å². The predicted molar refractivity (Wildman–Crippen MR) is 81.5 cm³/mol. The smallest absolute Gasteiger partial charge is 0.185 e. The van der Waals surface area contributed by atoms with E-state index in [9.17, 15) is 0 Å². The number of rotatable bonds is 9. The molecular formula is C14H27N3S. The molecule has 104 valence electrons. The summed E-state index contributed by atoms with van der Waals surface area (Å²) in [6.07, 6.45) is 2.49. The Labute approximate surface area is 116 Å². The second-order valence-electron chi connectivity index (χ2n) is 5.08. The Bertz CT molecular complexity index is 323. The van der Waals surface area contributed by atoms with Crippen LogP contribution in [0.1, 0.15) is 46.2 Å². The molecule has 1 N–H and O–H groups in total. The first-order valence-corrected chi connectivity index (χ1v) is 7.95. The Balaban J connectivity index is 2.45. The van der Waals surface area contributed by atoms with Gasteiger partial charge in [-0.15, -0.1) is 11.3 Å². The minimum absolute atomic E-state index is 0.694. The van der Waals surface area contributed by atoms with Crippen molar-refractivity contribution in [2.75, 3.05) is 24.5 Å². The fraction of sp³-hybridized carbons (Fsp3) is 0.786. The summed E-state index contributed by atoms with van der Waals surface area (Å²) in [6, 6.07) is 0. The Hall–Kier alpha value is -0.610. The molecule has 0 radical (unpaired) electrons. The Kier molecular flexibility index (Phi) is 7.28. The average Bonchev–Trinajstić information content (AvgIpc) is 2.78. The third kappa shape index (κ3) is 5.36. The van der Waals surface area contributed by atoms with E-state index in [1.54, 1.807) is 11.3 Å². The van der Waals surface area contributed by atoms with Crippen LogP contribution in [0.15, 0.2) is 5.38 Å². The van der Waals surface area contributed by atoms with Gasteiger partial charge in [0.15, 0.2) is 5.13 Å². The van der Waals surface area contributed by atoms with E-state index >= 15 is 0 Å². The van der Waals surface area contributed by atoms with Crippen molar-refractivity contribution >= 4 is 16.5 Å². The molecule has 0 fully saturated rings. The Morgan fingerprint density at radius 1 is 1.39 bits per heavy atom. The topological polar surface area (TPSA) is 28.2 Å². The second-order valence-corrected chi connectivity index (χ2v) is 5.92. The summed E-state index contributed by atoms with van der Waals surface area (Å²) in [4.78, 5) is 7.09. The zero-order valence-electron chi connectivity index (χ0n) is 12.2. The van der Waals surface area contributed by atoms with Crippen molar-refractivity contribution < 1.29 is 0 Å². The number of aromatic nitrogens is 1. The lowest BCUT2D eigenvalue weighted by Crippen LogP contribution is -2.24. The Morgan fingerprint density at radius 2 is 2.17 bits per heavy atom. The summed E-state index contributed by atoms with van der Waals surface area (Å²) in [5.74, 6) is 0.694. The molecule has 4 heteroatoms. The number of thiazole rings is 1. The fourth-order valence-electron chi connectivity index (χ4n) is 1.75. The molecule has 3 nitrogen and oxygen atoms in total. The molecule has 0 saturated heterocycles. The maximum atomic E-state index is 4.71. The van der Waals surface area contributed by atoms with Gasteiger partial charge in [-0.25, -0.2) is 4.98 Å². The molecule has 0 bridgehead atoms. The molecule has 0 amide bonds. The molecule has 0 aliphatic carbocycles. The van der Waals surface area contributed by atoms with Gasteiger partial charge in [0.05, 0.1) is 5.69 Å². The van der Waals surface area contributed by atoms with Crippen LogP contribution in [0.25, 0.3) is 0 Å². The molecule has 0 atom stereocenters. The SMILES string of the molecule is CCCCN(CC)c1nc(CNCC(C)C)cs1. The third-order valence-electron chi connectivity index (χ3n) is 2.83. The molecule has 0 saturated carbocycles. The highest BCUT2D eigenvalue weighted by atomic mass is 32.1. The molecule has 0 unspecified atom stereocenters. The maximum Gasteiger partial charge on any atom is 0.185 e. The molecule has 0 aliphatic heterocycles. The van der Waals surface area contributed by atoms with Gasteiger partial charge >= 0.3 is 0 Å². The first-order chi connectivity index (χ1) is 8.67. The lowest BCUT2D eigenvalue weighted by Gasteiger charge is -2.19. The molecular weight excluding hydrogens is 242 g/mol. The van der Waals surface area contributed by atoms with Crippen molar-refractivity contribution in [1.82, 2.24) is 10.3 Å². The summed E-state index contributed by atoms with van der Waals surface area (Å²) in [5, 5.41) is 6.79. The van der Waals surface area contributed by atoms with Crippen molar-refractivity contribution in [1.29, 1.82) is 0 Å². The zero-order valence-corrected chi connectivity index (χ0v) is 13.0. The van der Waals surface area contributed by atoms with Crippen LogP contribution in [-0.2, 0) is 6.54 Å². The second kappa shape index (κ2) is 8.48. The van der Waals surface area contributed by atoms with Crippen molar-refractivity contribution in [3.8, 4) is 0 Å². The number of hydrogen-bond acceptors (Lipinski definition) is 4. The van der Waals surface area contributed by atoms with E-state index in [1.165, 1.54) is 23.7 Å². The maximum absolute atomic E-state index is 4.71. The van der Waals surface area contributed by atoms with Crippen LogP contribution in [0, 0.1) is 5.92 Å². The van der Waals surface area contributed by atoms with E-state index in [0.717, 1.165) is 26.2 Å². The van der Waals surface area contributed by atoms with Gasteiger partial charge in [-0.1, -0.05) is 27.2 Å². The number of nitrogens with one attached hydrogen (secondary N) is 1. The third-order valence-corrected chi connectivity index (χ3v) is 3.78. The molecule has 0 aliphatic rings. The van der Waals surface area contributed by atoms with Gasteiger partial charge < -0.3 is 10.2 Å². The van der Waals surface area contributed by atoms with Gasteiger partial charge in [0.1, 0.15) is 0 Å². The average molecular weight is 269 g/mol. The van der Waals surface area contributed by atoms with Gasteiger partial charge in [-0.05, 0) is 25.8 Å². The van der Waals surface area contributed by atoms with E-state index in [-0.39, 0.29) is 0 Å². The first-order valence-electron chi connectivity index (χ1n) is 7.07. The molecule has 1 rings (SSSR count). The first kappa shape index (κ1) is 15.4. The van der Waals surface area contributed by atoms with Gasteiger partial charge in [0.2, 0.25) is 0 Å². The van der Waals surface area contributed by atoms with Gasteiger partial charge in [-0.2, -0.15) is 0 Å². The number of anilines is 1. The van der Waals surface area contributed by atoms with Crippen molar-refractivity contribution in [2.24, 2.45) is 5.92 Å². The quantitative estimate of drug-likeness (QED) is 0.743. The standard InChI is InChI=1S/C14H27N3S/c1-5-7-8-17(6-2)14-16-13(11-18-14)10-15-9-12(3)4/h11-12,15H,5-10H2,1-4H3. The van der Waals surface area contributed by atoms with Crippen LogP contribution in [0.4, 0.5) is 5.13 Å². The van der Waals surface area contributed by atoms with Crippen LogP contribution in [0.3, 0.4) is 0 Å². The highest BCUT2D eigenvalue weighted by molar-refractivity contribution is 7.13. The van der Waals surface area contributed by atoms with Crippen molar-refractivity contribution in [2.45, 2.75) is 47.1 Å². The highest BCUT2D eigenvalue weighted by Gasteiger charge is 2.08. The Morgan fingerprint density at radius 3 is 2.78 bits per heavy atom. The normalized spacial score (nSPS) is 11.2. The molecule has 0 spiro atoms. The van der Waals surface area contributed by atoms with Crippen LogP contribution < -0.4 is 10.2 Å². The number of unbranched alkanes of at least 4 members (excludes halogenated alkanes) is 1. The summed E-state index contributed by atoms with van der Waals surface area (Å²) < 4.78 is 0. The lowest BCUT2D eigenvalue weighted by atomic mass is 10.2. The summed E-state index contributed by atoms with van der Waals surface area (Å²) >= 11 is 1.77. The van der Waals surface area contributed by atoms with Crippen LogP contribution >= 0.6 is 11.3 Å². The number of nitrogens with zero attached hydrogens (tertiary/aromatic N) is 2. The predicted octanol–water partition coefficient (Wildman–Crippen LogP) is 3.52. The van der Waals surface area contributed by atoms with E-state index in [2.05, 4.69) is 43.3 Å². The van der Waals surface area contributed by atoms with E-state index in [1.807, 2.05) is 0 Å². The molecule has 1 aromatic heterocycles. The zero-order chi connectivity index (χ0) is 13.4. The largest absolute Gasteiger partial charge is 0.348 e. The summed E-state index contributed by atoms with van der Waals surface area (Å²) in [7, 11) is 0. The molecule has 1 aromatic rings. The van der Waals surface area contributed by atoms with Crippen LogP contribution in [-0.4, -0.2) is 24.6 Å². The fourth-order valence-corrected chi connectivity index (χ4v) is 2.67. The van der Waals surface area contributed by atoms with Crippen molar-refractivity contribution in [3.63, 3.8) is 0 Å². The van der Waals surface area contributed by atoms with Crippen molar-refractivity contribution in [3.05, 3.63) is 11.1 Å². The summed E-state index contributed by atoms with van der Waals surface area (Å²) in [5.41, 5.74) is 1.17. The molecule has 0 aromatic carbocycles. The lowest BCUT2D eigenvalue weighted by molar-refractivity contribution is 0.549. The number of hydrogen-bond donors (Lipinski definition) is 1. The monoisotopic (exact) mass is 269 g/mol. The van der Waals surface area contributed by atoms with Gasteiger partial charge in [-0.3, -0.25) is 0 Å². The minimum Gasteiger partial charge on any atom is -0.348 e.